The molecule has 0 aliphatic carbocycles. The summed E-state index contributed by atoms with van der Waals surface area (Å²) in [7, 11) is 0. The maximum atomic E-state index is 12.0. The smallest absolute Gasteiger partial charge is 0.269 e. The van der Waals surface area contributed by atoms with Crippen LogP contribution in [-0.2, 0) is 0 Å². The van der Waals surface area contributed by atoms with Gasteiger partial charge in [0.2, 0.25) is 0 Å². The number of anilines is 2. The molecule has 1 aromatic heterocycles. The molecule has 0 bridgehead atoms. The molecule has 122 valence electrons. The van der Waals surface area contributed by atoms with E-state index >= 15 is 0 Å². The van der Waals surface area contributed by atoms with E-state index in [9.17, 15) is 4.79 Å². The summed E-state index contributed by atoms with van der Waals surface area (Å²) in [6.45, 7) is 4.88. The van der Waals surface area contributed by atoms with E-state index in [0.717, 1.165) is 6.42 Å². The second kappa shape index (κ2) is 8.18. The summed E-state index contributed by atoms with van der Waals surface area (Å²) in [5.41, 5.74) is 1.70. The highest BCUT2D eigenvalue weighted by Crippen LogP contribution is 2.32. The van der Waals surface area contributed by atoms with Crippen molar-refractivity contribution in [2.24, 2.45) is 5.92 Å². The third-order valence-electron chi connectivity index (χ3n) is 3.24. The van der Waals surface area contributed by atoms with Gasteiger partial charge in [-0.25, -0.2) is 4.98 Å². The number of amides is 1. The van der Waals surface area contributed by atoms with Crippen LogP contribution in [0.5, 0.6) is 0 Å². The average Bonchev–Trinajstić information content (AvgIpc) is 2.51. The number of halogens is 2. The summed E-state index contributed by atoms with van der Waals surface area (Å²) in [6.07, 6.45) is 2.52. The molecule has 1 aromatic carbocycles. The van der Waals surface area contributed by atoms with E-state index in [-0.39, 0.29) is 5.91 Å². The predicted octanol–water partition coefficient (Wildman–Crippen LogP) is 4.91. The predicted molar refractivity (Wildman–Crippen MR) is 95.8 cm³/mol. The van der Waals surface area contributed by atoms with Crippen LogP contribution in [0.4, 0.5) is 11.4 Å². The topological polar surface area (TPSA) is 54.0 Å². The van der Waals surface area contributed by atoms with E-state index in [1.54, 1.807) is 36.5 Å². The SMILES string of the molecule is CC(C)CCNC(=O)c1ccc(Nc2c(Cl)cccc2Cl)cn1. The van der Waals surface area contributed by atoms with E-state index in [0.29, 0.717) is 39.6 Å². The van der Waals surface area contributed by atoms with Crippen LogP contribution in [0.25, 0.3) is 0 Å². The van der Waals surface area contributed by atoms with Gasteiger partial charge in [0, 0.05) is 6.54 Å². The molecule has 0 fully saturated rings. The Kier molecular flexibility index (Phi) is 6.25. The molecule has 1 heterocycles. The number of hydrogen-bond donors (Lipinski definition) is 2. The van der Waals surface area contributed by atoms with Gasteiger partial charge in [-0.1, -0.05) is 43.1 Å². The van der Waals surface area contributed by atoms with Gasteiger partial charge in [-0.15, -0.1) is 0 Å². The fourth-order valence-corrected chi connectivity index (χ4v) is 2.42. The third-order valence-corrected chi connectivity index (χ3v) is 3.87. The molecular weight excluding hydrogens is 333 g/mol. The van der Waals surface area contributed by atoms with Crippen molar-refractivity contribution in [1.29, 1.82) is 0 Å². The number of nitrogens with one attached hydrogen (secondary N) is 2. The zero-order valence-corrected chi connectivity index (χ0v) is 14.6. The van der Waals surface area contributed by atoms with Crippen LogP contribution in [0.1, 0.15) is 30.8 Å². The summed E-state index contributed by atoms with van der Waals surface area (Å²) < 4.78 is 0. The number of aromatic nitrogens is 1. The van der Waals surface area contributed by atoms with Crippen LogP contribution >= 0.6 is 23.2 Å². The lowest BCUT2D eigenvalue weighted by atomic mass is 10.1. The number of carbonyl (C=O) groups excluding carboxylic acids is 1. The maximum Gasteiger partial charge on any atom is 0.269 e. The molecule has 0 radical (unpaired) electrons. The Hall–Kier alpha value is -1.78. The van der Waals surface area contributed by atoms with Gasteiger partial charge in [-0.3, -0.25) is 4.79 Å². The summed E-state index contributed by atoms with van der Waals surface area (Å²) in [6, 6.07) is 8.71. The summed E-state index contributed by atoms with van der Waals surface area (Å²) in [4.78, 5) is 16.1. The number of benzene rings is 1. The quantitative estimate of drug-likeness (QED) is 0.777. The number of pyridine rings is 1. The van der Waals surface area contributed by atoms with Crippen LogP contribution in [0, 0.1) is 5.92 Å². The van der Waals surface area contributed by atoms with E-state index in [4.69, 9.17) is 23.2 Å². The first-order valence-corrected chi connectivity index (χ1v) is 8.18. The normalized spacial score (nSPS) is 10.7. The molecule has 0 atom stereocenters. The summed E-state index contributed by atoms with van der Waals surface area (Å²) in [5, 5.41) is 7.00. The molecule has 0 saturated carbocycles. The molecule has 2 rings (SSSR count). The molecule has 0 saturated heterocycles. The van der Waals surface area contributed by atoms with Crippen LogP contribution in [0.2, 0.25) is 10.0 Å². The number of nitrogens with zero attached hydrogens (tertiary/aromatic N) is 1. The van der Waals surface area contributed by atoms with Gasteiger partial charge in [-0.05, 0) is 36.6 Å². The zero-order valence-electron chi connectivity index (χ0n) is 13.1. The van der Waals surface area contributed by atoms with E-state index in [2.05, 4.69) is 29.5 Å². The maximum absolute atomic E-state index is 12.0. The van der Waals surface area contributed by atoms with Crippen molar-refractivity contribution >= 4 is 40.5 Å². The molecule has 23 heavy (non-hydrogen) atoms. The minimum Gasteiger partial charge on any atom is -0.352 e. The van der Waals surface area contributed by atoms with Gasteiger partial charge in [0.05, 0.1) is 27.6 Å². The molecule has 4 nitrogen and oxygen atoms in total. The highest BCUT2D eigenvalue weighted by Gasteiger charge is 2.09. The number of rotatable bonds is 6. The average molecular weight is 352 g/mol. The third kappa shape index (κ3) is 5.12. The van der Waals surface area contributed by atoms with Crippen molar-refractivity contribution in [2.75, 3.05) is 11.9 Å². The lowest BCUT2D eigenvalue weighted by Crippen LogP contribution is -2.26. The molecule has 0 spiro atoms. The Balaban J connectivity index is 2.01. The zero-order chi connectivity index (χ0) is 16.8. The Morgan fingerprint density at radius 2 is 1.87 bits per heavy atom. The second-order valence-corrected chi connectivity index (χ2v) is 6.41. The standard InChI is InChI=1S/C17H19Cl2N3O/c1-11(2)8-9-20-17(23)15-7-6-12(10-21-15)22-16-13(18)4-3-5-14(16)19/h3-7,10-11,22H,8-9H2,1-2H3,(H,20,23). The van der Waals surface area contributed by atoms with Crippen molar-refractivity contribution in [1.82, 2.24) is 10.3 Å². The largest absolute Gasteiger partial charge is 0.352 e. The minimum atomic E-state index is -0.173. The van der Waals surface area contributed by atoms with Gasteiger partial charge in [0.1, 0.15) is 5.69 Å². The van der Waals surface area contributed by atoms with Gasteiger partial charge < -0.3 is 10.6 Å². The van der Waals surface area contributed by atoms with Crippen molar-refractivity contribution < 1.29 is 4.79 Å². The van der Waals surface area contributed by atoms with Crippen molar-refractivity contribution in [3.63, 3.8) is 0 Å². The van der Waals surface area contributed by atoms with Crippen molar-refractivity contribution in [3.05, 3.63) is 52.3 Å². The molecular formula is C17H19Cl2N3O. The van der Waals surface area contributed by atoms with Gasteiger partial charge >= 0.3 is 0 Å². The van der Waals surface area contributed by atoms with Crippen molar-refractivity contribution in [2.45, 2.75) is 20.3 Å². The molecule has 0 aliphatic heterocycles. The van der Waals surface area contributed by atoms with Crippen LogP contribution in [0.15, 0.2) is 36.5 Å². The van der Waals surface area contributed by atoms with Crippen molar-refractivity contribution in [3.8, 4) is 0 Å². The van der Waals surface area contributed by atoms with Gasteiger partial charge in [-0.2, -0.15) is 0 Å². The second-order valence-electron chi connectivity index (χ2n) is 5.59. The highest BCUT2D eigenvalue weighted by atomic mass is 35.5. The molecule has 1 amide bonds. The highest BCUT2D eigenvalue weighted by molar-refractivity contribution is 6.39. The number of para-hydroxylation sites is 1. The first-order chi connectivity index (χ1) is 11.0. The van der Waals surface area contributed by atoms with E-state index < -0.39 is 0 Å². The molecule has 2 aromatic rings. The Bertz CT molecular complexity index is 652. The first kappa shape index (κ1) is 17.6. The monoisotopic (exact) mass is 351 g/mol. The minimum absolute atomic E-state index is 0.173. The molecule has 0 unspecified atom stereocenters. The summed E-state index contributed by atoms with van der Waals surface area (Å²) in [5.74, 6) is 0.378. The molecule has 2 N–H and O–H groups in total. The van der Waals surface area contributed by atoms with Crippen LogP contribution < -0.4 is 10.6 Å². The number of hydrogen-bond acceptors (Lipinski definition) is 3. The Morgan fingerprint density at radius 1 is 1.17 bits per heavy atom. The fourth-order valence-electron chi connectivity index (χ4n) is 1.93. The van der Waals surface area contributed by atoms with Gasteiger partial charge in [0.25, 0.3) is 5.91 Å². The summed E-state index contributed by atoms with van der Waals surface area (Å²) >= 11 is 12.2. The number of carbonyl (C=O) groups is 1. The van der Waals surface area contributed by atoms with E-state index in [1.165, 1.54) is 0 Å². The van der Waals surface area contributed by atoms with Crippen LogP contribution in [0.3, 0.4) is 0 Å². The lowest BCUT2D eigenvalue weighted by Gasteiger charge is -2.11. The lowest BCUT2D eigenvalue weighted by molar-refractivity contribution is 0.0947. The Morgan fingerprint density at radius 3 is 2.43 bits per heavy atom. The molecule has 0 aliphatic rings. The van der Waals surface area contributed by atoms with E-state index in [1.807, 2.05) is 0 Å². The fraction of sp³-hybridized carbons (Fsp3) is 0.294. The van der Waals surface area contributed by atoms with Gasteiger partial charge in [0.15, 0.2) is 0 Å². The first-order valence-electron chi connectivity index (χ1n) is 7.42. The van der Waals surface area contributed by atoms with Crippen LogP contribution in [-0.4, -0.2) is 17.4 Å². The molecule has 6 heteroatoms. The Labute approximate surface area is 146 Å².